The maximum Gasteiger partial charge on any atom is 0.416 e. The number of nitrogens with zero attached hydrogens (tertiary/aromatic N) is 1. The number of imide groups is 2. The summed E-state index contributed by atoms with van der Waals surface area (Å²) in [6.07, 6.45) is -3.55. The molecule has 1 N–H and O–H groups in total. The van der Waals surface area contributed by atoms with Crippen molar-refractivity contribution in [1.82, 2.24) is 5.32 Å². The molecule has 1 fully saturated rings. The summed E-state index contributed by atoms with van der Waals surface area (Å²) in [5.41, 5.74) is -1.75. The van der Waals surface area contributed by atoms with E-state index in [9.17, 15) is 27.6 Å². The van der Waals surface area contributed by atoms with Gasteiger partial charge in [-0.3, -0.25) is 14.9 Å². The van der Waals surface area contributed by atoms with E-state index in [1.165, 1.54) is 26.4 Å². The van der Waals surface area contributed by atoms with Crippen molar-refractivity contribution in [3.63, 3.8) is 0 Å². The minimum atomic E-state index is -4.74. The molecule has 0 spiro atoms. The average molecular weight is 581 g/mol. The van der Waals surface area contributed by atoms with E-state index in [0.717, 1.165) is 6.07 Å². The maximum atomic E-state index is 13.1. The Labute approximate surface area is 198 Å². The minimum Gasteiger partial charge on any atom is -0.493 e. The molecule has 4 amide bonds. The largest absolute Gasteiger partial charge is 0.493 e. The van der Waals surface area contributed by atoms with E-state index in [2.05, 4.69) is 0 Å². The number of anilines is 1. The Kier molecular flexibility index (Phi) is 6.69. The van der Waals surface area contributed by atoms with Crippen LogP contribution in [0.3, 0.4) is 0 Å². The number of hydrogen-bond acceptors (Lipinski definition) is 5. The van der Waals surface area contributed by atoms with Gasteiger partial charge in [0, 0.05) is 0 Å². The smallest absolute Gasteiger partial charge is 0.416 e. The van der Waals surface area contributed by atoms with Crippen molar-refractivity contribution < 1.29 is 37.0 Å². The lowest BCUT2D eigenvalue weighted by molar-refractivity contribution is -0.137. The molecular formula is C20H13ClF3IN2O5. The standard InChI is InChI=1S/C20H13ClF3IN2O5/c1-31-15-7-9(6-13(25)16(15)32-2)5-11-17(28)26-19(30)27(18(11)29)14-8-10(20(22,23)24)3-4-12(14)21/h3-8H,1-2H3,(H,26,28,30)/b11-5+. The summed E-state index contributed by atoms with van der Waals surface area (Å²) in [6.45, 7) is 0. The average Bonchev–Trinajstić information content (AvgIpc) is 2.71. The van der Waals surface area contributed by atoms with E-state index >= 15 is 0 Å². The van der Waals surface area contributed by atoms with E-state index in [0.29, 0.717) is 37.7 Å². The zero-order chi connectivity index (χ0) is 23.8. The zero-order valence-corrected chi connectivity index (χ0v) is 19.3. The highest BCUT2D eigenvalue weighted by atomic mass is 127. The molecule has 0 saturated carbocycles. The van der Waals surface area contributed by atoms with Gasteiger partial charge >= 0.3 is 12.2 Å². The molecule has 0 radical (unpaired) electrons. The van der Waals surface area contributed by atoms with E-state index in [1.807, 2.05) is 27.9 Å². The van der Waals surface area contributed by atoms with E-state index in [-0.39, 0.29) is 5.02 Å². The number of amides is 4. The molecule has 0 unspecified atom stereocenters. The van der Waals surface area contributed by atoms with E-state index in [1.54, 1.807) is 6.07 Å². The quantitative estimate of drug-likeness (QED) is 0.324. The van der Waals surface area contributed by atoms with Gasteiger partial charge in [-0.1, -0.05) is 11.6 Å². The Morgan fingerprint density at radius 3 is 2.38 bits per heavy atom. The third kappa shape index (κ3) is 4.53. The van der Waals surface area contributed by atoms with Crippen molar-refractivity contribution in [3.8, 4) is 11.5 Å². The number of methoxy groups -OCH3 is 2. The minimum absolute atomic E-state index is 0.282. The Hall–Kier alpha value is -2.80. The summed E-state index contributed by atoms with van der Waals surface area (Å²) in [4.78, 5) is 38.1. The summed E-state index contributed by atoms with van der Waals surface area (Å²) in [5.74, 6) is -1.39. The number of carbonyl (C=O) groups is 3. The number of benzene rings is 2. The van der Waals surface area contributed by atoms with Crippen LogP contribution in [0, 0.1) is 3.57 Å². The van der Waals surface area contributed by atoms with Crippen LogP contribution < -0.4 is 19.7 Å². The monoisotopic (exact) mass is 580 g/mol. The van der Waals surface area contributed by atoms with Crippen LogP contribution in [0.25, 0.3) is 6.08 Å². The van der Waals surface area contributed by atoms with Gasteiger partial charge in [0.1, 0.15) is 5.57 Å². The second kappa shape index (κ2) is 8.98. The number of halogens is 5. The number of carbonyl (C=O) groups excluding carboxylic acids is 3. The highest BCUT2D eigenvalue weighted by molar-refractivity contribution is 14.1. The number of ether oxygens (including phenoxy) is 2. The fraction of sp³-hybridized carbons (Fsp3) is 0.150. The molecule has 0 atom stereocenters. The van der Waals surface area contributed by atoms with Gasteiger partial charge in [-0.2, -0.15) is 13.2 Å². The van der Waals surface area contributed by atoms with Crippen molar-refractivity contribution >= 4 is 63.8 Å². The third-order valence-corrected chi connectivity index (χ3v) is 5.50. The zero-order valence-electron chi connectivity index (χ0n) is 16.3. The summed E-state index contributed by atoms with van der Waals surface area (Å²) >= 11 is 7.93. The molecule has 1 heterocycles. The number of urea groups is 1. The Balaban J connectivity index is 2.10. The number of rotatable bonds is 4. The van der Waals surface area contributed by atoms with Gasteiger partial charge in [0.25, 0.3) is 11.8 Å². The van der Waals surface area contributed by atoms with Gasteiger partial charge in [0.15, 0.2) is 11.5 Å². The van der Waals surface area contributed by atoms with Gasteiger partial charge in [0.05, 0.1) is 34.1 Å². The molecule has 1 aliphatic rings. The van der Waals surface area contributed by atoms with Gasteiger partial charge in [-0.25, -0.2) is 9.69 Å². The molecule has 2 aromatic rings. The normalized spacial score (nSPS) is 15.8. The van der Waals surface area contributed by atoms with Gasteiger partial charge in [-0.05, 0) is 64.6 Å². The van der Waals surface area contributed by atoms with Crippen molar-refractivity contribution in [2.75, 3.05) is 19.1 Å². The molecule has 168 valence electrons. The number of nitrogens with one attached hydrogen (secondary N) is 1. The van der Waals surface area contributed by atoms with Crippen molar-refractivity contribution in [3.05, 3.63) is 55.6 Å². The van der Waals surface area contributed by atoms with Crippen LogP contribution in [-0.4, -0.2) is 32.1 Å². The third-order valence-electron chi connectivity index (χ3n) is 4.38. The molecule has 0 aliphatic carbocycles. The molecule has 1 aliphatic heterocycles. The Bertz CT molecular complexity index is 1170. The summed E-state index contributed by atoms with van der Waals surface area (Å²) in [7, 11) is 2.85. The predicted octanol–water partition coefficient (Wildman–Crippen LogP) is 4.65. The second-order valence-electron chi connectivity index (χ2n) is 6.36. The number of alkyl halides is 3. The van der Waals surface area contributed by atoms with Crippen LogP contribution in [0.2, 0.25) is 5.02 Å². The first-order chi connectivity index (χ1) is 15.0. The predicted molar refractivity (Wildman–Crippen MR) is 118 cm³/mol. The maximum absolute atomic E-state index is 13.1. The highest BCUT2D eigenvalue weighted by Gasteiger charge is 2.39. The summed E-state index contributed by atoms with van der Waals surface area (Å²) in [6, 6.07) is 4.05. The van der Waals surface area contributed by atoms with Gasteiger partial charge in [0.2, 0.25) is 0 Å². The summed E-state index contributed by atoms with van der Waals surface area (Å²) < 4.78 is 50.4. The van der Waals surface area contributed by atoms with Crippen LogP contribution >= 0.6 is 34.2 Å². The highest BCUT2D eigenvalue weighted by Crippen LogP contribution is 2.37. The molecule has 0 bridgehead atoms. The first-order valence-corrected chi connectivity index (χ1v) is 10.1. The lowest BCUT2D eigenvalue weighted by Crippen LogP contribution is -2.54. The fourth-order valence-electron chi connectivity index (χ4n) is 2.92. The lowest BCUT2D eigenvalue weighted by Gasteiger charge is -2.27. The van der Waals surface area contributed by atoms with Crippen LogP contribution in [0.5, 0.6) is 11.5 Å². The van der Waals surface area contributed by atoms with Gasteiger partial charge in [-0.15, -0.1) is 0 Å². The lowest BCUT2D eigenvalue weighted by atomic mass is 10.1. The molecule has 0 aromatic heterocycles. The first-order valence-electron chi connectivity index (χ1n) is 8.67. The first kappa shape index (κ1) is 23.9. The van der Waals surface area contributed by atoms with Crippen LogP contribution in [0.1, 0.15) is 11.1 Å². The number of hydrogen-bond donors (Lipinski definition) is 1. The molecule has 7 nitrogen and oxygen atoms in total. The summed E-state index contributed by atoms with van der Waals surface area (Å²) in [5, 5.41) is 1.66. The van der Waals surface area contributed by atoms with E-state index in [4.69, 9.17) is 21.1 Å². The topological polar surface area (TPSA) is 84.9 Å². The molecule has 1 saturated heterocycles. The van der Waals surface area contributed by atoms with Crippen LogP contribution in [-0.2, 0) is 15.8 Å². The van der Waals surface area contributed by atoms with Gasteiger partial charge < -0.3 is 9.47 Å². The van der Waals surface area contributed by atoms with Crippen molar-refractivity contribution in [2.45, 2.75) is 6.18 Å². The molecular weight excluding hydrogens is 568 g/mol. The van der Waals surface area contributed by atoms with Crippen molar-refractivity contribution in [1.29, 1.82) is 0 Å². The SMILES string of the molecule is COc1cc(/C=C2\C(=O)NC(=O)N(c3cc(C(F)(F)F)ccc3Cl)C2=O)cc(I)c1OC. The van der Waals surface area contributed by atoms with Crippen molar-refractivity contribution in [2.24, 2.45) is 0 Å². The van der Waals surface area contributed by atoms with E-state index < -0.39 is 40.8 Å². The van der Waals surface area contributed by atoms with Crippen LogP contribution in [0.4, 0.5) is 23.7 Å². The molecule has 3 rings (SSSR count). The molecule has 12 heteroatoms. The van der Waals surface area contributed by atoms with Crippen LogP contribution in [0.15, 0.2) is 35.9 Å². The Morgan fingerprint density at radius 1 is 1.09 bits per heavy atom. The number of barbiturate groups is 1. The molecule has 32 heavy (non-hydrogen) atoms. The Morgan fingerprint density at radius 2 is 1.78 bits per heavy atom. The fourth-order valence-corrected chi connectivity index (χ4v) is 3.97. The second-order valence-corrected chi connectivity index (χ2v) is 7.93. The molecule has 2 aromatic carbocycles.